The summed E-state index contributed by atoms with van der Waals surface area (Å²) in [6, 6.07) is 15.1. The molecule has 3 N–H and O–H groups in total. The molecule has 4 rings (SSSR count). The lowest BCUT2D eigenvalue weighted by Gasteiger charge is -2.25. The van der Waals surface area contributed by atoms with Crippen molar-refractivity contribution >= 4 is 34.8 Å². The normalized spacial score (nSPS) is 21.2. The number of aliphatic hydroxyl groups excluding tert-OH is 1. The van der Waals surface area contributed by atoms with Gasteiger partial charge in [-0.25, -0.2) is 4.39 Å². The van der Waals surface area contributed by atoms with Gasteiger partial charge < -0.3 is 20.5 Å². The minimum atomic E-state index is -1.08. The molecule has 1 aliphatic rings. The average Bonchev–Trinajstić information content (AvgIpc) is 3.28. The van der Waals surface area contributed by atoms with E-state index in [1.807, 2.05) is 0 Å². The van der Waals surface area contributed by atoms with Gasteiger partial charge in [-0.3, -0.25) is 19.0 Å². The van der Waals surface area contributed by atoms with Gasteiger partial charge in [0.05, 0.1) is 35.4 Å². The summed E-state index contributed by atoms with van der Waals surface area (Å²) in [5, 5.41) is 15.8. The number of pyridine rings is 1. The monoisotopic (exact) mass is 513 g/mol. The fourth-order valence-electron chi connectivity index (χ4n) is 4.47. The van der Waals surface area contributed by atoms with Crippen molar-refractivity contribution in [3.63, 3.8) is 0 Å². The first kappa shape index (κ1) is 25.6. The lowest BCUT2D eigenvalue weighted by Crippen LogP contribution is -2.34. The maximum absolute atomic E-state index is 14.9. The Morgan fingerprint density at radius 2 is 1.75 bits per heavy atom. The number of aromatic nitrogens is 1. The molecule has 36 heavy (non-hydrogen) atoms. The Kier molecular flexibility index (Phi) is 7.53. The second-order valence-corrected chi connectivity index (χ2v) is 9.16. The van der Waals surface area contributed by atoms with E-state index in [4.69, 9.17) is 16.3 Å². The van der Waals surface area contributed by atoms with Crippen molar-refractivity contribution in [3.05, 3.63) is 88.1 Å². The van der Waals surface area contributed by atoms with E-state index < -0.39 is 35.1 Å². The summed E-state index contributed by atoms with van der Waals surface area (Å²) in [5.74, 6) is -3.47. The largest absolute Gasteiger partial charge is 0.393 e. The SMILES string of the molecule is CO[C@@]1(CO)C[C@H](C(=O)Nc2ccc(Cl)cc2)[C@@H](C(=O)Nc2ccc(-n3ccccc3=O)cc2F)C1. The van der Waals surface area contributed by atoms with Crippen LogP contribution < -0.4 is 16.2 Å². The Hall–Kier alpha value is -3.53. The van der Waals surface area contributed by atoms with Gasteiger partial charge in [0, 0.05) is 36.1 Å². The molecule has 10 heteroatoms. The van der Waals surface area contributed by atoms with Crippen LogP contribution in [-0.2, 0) is 14.3 Å². The zero-order chi connectivity index (χ0) is 25.9. The van der Waals surface area contributed by atoms with Crippen LogP contribution in [0.1, 0.15) is 12.8 Å². The number of methoxy groups -OCH3 is 1. The van der Waals surface area contributed by atoms with Gasteiger partial charge in [0.1, 0.15) is 5.82 Å². The molecule has 0 bridgehead atoms. The number of amides is 2. The third-order valence-corrected chi connectivity index (χ3v) is 6.74. The number of aliphatic hydroxyl groups is 1. The van der Waals surface area contributed by atoms with E-state index in [2.05, 4.69) is 10.6 Å². The van der Waals surface area contributed by atoms with Crippen LogP contribution in [0.4, 0.5) is 15.8 Å². The number of halogens is 2. The number of hydrogen-bond acceptors (Lipinski definition) is 5. The number of carbonyl (C=O) groups excluding carboxylic acids is 2. The smallest absolute Gasteiger partial charge is 0.255 e. The van der Waals surface area contributed by atoms with Crippen LogP contribution in [0.2, 0.25) is 5.02 Å². The van der Waals surface area contributed by atoms with Crippen LogP contribution in [0.25, 0.3) is 5.69 Å². The Balaban J connectivity index is 1.55. The van der Waals surface area contributed by atoms with Crippen LogP contribution in [0.3, 0.4) is 0 Å². The van der Waals surface area contributed by atoms with E-state index in [0.717, 1.165) is 6.07 Å². The summed E-state index contributed by atoms with van der Waals surface area (Å²) in [5.41, 5.74) is -0.699. The topological polar surface area (TPSA) is 110 Å². The molecule has 2 amide bonds. The molecule has 2 aromatic carbocycles. The molecule has 3 aromatic rings. The van der Waals surface area contributed by atoms with Gasteiger partial charge in [0.2, 0.25) is 11.8 Å². The first-order valence-electron chi connectivity index (χ1n) is 11.3. The predicted octanol–water partition coefficient (Wildman–Crippen LogP) is 3.61. The molecule has 1 heterocycles. The van der Waals surface area contributed by atoms with Crippen LogP contribution in [0, 0.1) is 17.7 Å². The third kappa shape index (κ3) is 5.33. The first-order chi connectivity index (χ1) is 17.2. The van der Waals surface area contributed by atoms with Crippen LogP contribution in [0.5, 0.6) is 0 Å². The van der Waals surface area contributed by atoms with Gasteiger partial charge in [-0.05, 0) is 55.3 Å². The fourth-order valence-corrected chi connectivity index (χ4v) is 4.60. The second-order valence-electron chi connectivity index (χ2n) is 8.72. The van der Waals surface area contributed by atoms with E-state index in [1.165, 1.54) is 36.1 Å². The number of nitrogens with zero attached hydrogens (tertiary/aromatic N) is 1. The number of nitrogens with one attached hydrogen (secondary N) is 2. The van der Waals surface area contributed by atoms with Gasteiger partial charge in [0.25, 0.3) is 5.56 Å². The summed E-state index contributed by atoms with van der Waals surface area (Å²) >= 11 is 5.90. The molecule has 1 saturated carbocycles. The molecule has 0 saturated heterocycles. The molecule has 0 spiro atoms. The van der Waals surface area contributed by atoms with E-state index >= 15 is 0 Å². The highest BCUT2D eigenvalue weighted by Crippen LogP contribution is 2.42. The van der Waals surface area contributed by atoms with Crippen LogP contribution in [-0.4, -0.2) is 40.8 Å². The van der Waals surface area contributed by atoms with Gasteiger partial charge in [-0.2, -0.15) is 0 Å². The van der Waals surface area contributed by atoms with Crippen LogP contribution in [0.15, 0.2) is 71.7 Å². The molecular formula is C26H25ClFN3O5. The summed E-state index contributed by atoms with van der Waals surface area (Å²) < 4.78 is 21.7. The molecule has 3 atom stereocenters. The highest BCUT2D eigenvalue weighted by molar-refractivity contribution is 6.30. The lowest BCUT2D eigenvalue weighted by molar-refractivity contribution is -0.128. The minimum Gasteiger partial charge on any atom is -0.393 e. The number of rotatable bonds is 7. The minimum absolute atomic E-state index is 0.0731. The van der Waals surface area contributed by atoms with Crippen molar-refractivity contribution in [2.75, 3.05) is 24.4 Å². The Bertz CT molecular complexity index is 1320. The highest BCUT2D eigenvalue weighted by atomic mass is 35.5. The van der Waals surface area contributed by atoms with E-state index in [1.54, 1.807) is 36.4 Å². The molecule has 0 aliphatic heterocycles. The van der Waals surface area contributed by atoms with Gasteiger partial charge in [-0.1, -0.05) is 17.7 Å². The molecule has 0 radical (unpaired) electrons. The quantitative estimate of drug-likeness (QED) is 0.447. The molecule has 188 valence electrons. The van der Waals surface area contributed by atoms with E-state index in [-0.39, 0.29) is 30.7 Å². The number of carbonyl (C=O) groups is 2. The predicted molar refractivity (Wildman–Crippen MR) is 134 cm³/mol. The molecular weight excluding hydrogens is 489 g/mol. The van der Waals surface area contributed by atoms with Crippen molar-refractivity contribution in [1.82, 2.24) is 4.57 Å². The summed E-state index contributed by atoms with van der Waals surface area (Å²) in [6.07, 6.45) is 1.69. The highest BCUT2D eigenvalue weighted by Gasteiger charge is 2.51. The van der Waals surface area contributed by atoms with Crippen molar-refractivity contribution in [3.8, 4) is 5.69 Å². The van der Waals surface area contributed by atoms with Crippen LogP contribution >= 0.6 is 11.6 Å². The maximum Gasteiger partial charge on any atom is 0.255 e. The summed E-state index contributed by atoms with van der Waals surface area (Å²) in [7, 11) is 1.41. The first-order valence-corrected chi connectivity index (χ1v) is 11.6. The molecule has 0 unspecified atom stereocenters. The Morgan fingerprint density at radius 3 is 2.33 bits per heavy atom. The zero-order valence-corrected chi connectivity index (χ0v) is 20.2. The average molecular weight is 514 g/mol. The van der Waals surface area contributed by atoms with Crippen molar-refractivity contribution in [1.29, 1.82) is 0 Å². The number of anilines is 2. The number of hydrogen-bond donors (Lipinski definition) is 3. The maximum atomic E-state index is 14.9. The van der Waals surface area contributed by atoms with Crippen molar-refractivity contribution in [2.45, 2.75) is 18.4 Å². The number of benzene rings is 2. The molecule has 1 fully saturated rings. The van der Waals surface area contributed by atoms with Crippen molar-refractivity contribution < 1.29 is 23.8 Å². The number of ether oxygens (including phenoxy) is 1. The fraction of sp³-hybridized carbons (Fsp3) is 0.269. The van der Waals surface area contributed by atoms with Gasteiger partial charge >= 0.3 is 0 Å². The van der Waals surface area contributed by atoms with Crippen molar-refractivity contribution in [2.24, 2.45) is 11.8 Å². The zero-order valence-electron chi connectivity index (χ0n) is 19.4. The summed E-state index contributed by atoms with van der Waals surface area (Å²) in [6.45, 7) is -0.382. The Labute approximate surface area is 211 Å². The summed E-state index contributed by atoms with van der Waals surface area (Å²) in [4.78, 5) is 38.4. The molecule has 1 aromatic heterocycles. The van der Waals surface area contributed by atoms with E-state index in [0.29, 0.717) is 16.4 Å². The second kappa shape index (κ2) is 10.6. The Morgan fingerprint density at radius 1 is 1.08 bits per heavy atom. The molecule has 1 aliphatic carbocycles. The van der Waals surface area contributed by atoms with E-state index in [9.17, 15) is 23.9 Å². The van der Waals surface area contributed by atoms with Gasteiger partial charge in [-0.15, -0.1) is 0 Å². The standard InChI is InChI=1S/C26H25ClFN3O5/c1-36-26(15-32)13-19(24(34)29-17-7-5-16(27)6-8-17)20(14-26)25(35)30-22-10-9-18(12-21(22)28)31-11-3-2-4-23(31)33/h2-12,19-20,32H,13-15H2,1H3,(H,29,34)(H,30,35)/t19-,20-,26-/m0/s1. The third-order valence-electron chi connectivity index (χ3n) is 6.49. The lowest BCUT2D eigenvalue weighted by atomic mass is 9.94. The molecule has 8 nitrogen and oxygen atoms in total. The van der Waals surface area contributed by atoms with Gasteiger partial charge in [0.15, 0.2) is 0 Å².